The van der Waals surface area contributed by atoms with Crippen LogP contribution in [0.3, 0.4) is 0 Å². The molecule has 0 unspecified atom stereocenters. The van der Waals surface area contributed by atoms with Crippen molar-refractivity contribution in [3.05, 3.63) is 55.0 Å². The standard InChI is InChI=1S/C17H19ClN4O3S/c1-2-16-19-12(11-26-16)10-20-5-7-21(8-6-20)17(23)14-4-3-13(22(24)25)9-15(14)18/h3-4,9,11H,2,5-8,10H2,1H3. The minimum absolute atomic E-state index is 0.112. The number of hydrogen-bond donors (Lipinski definition) is 0. The van der Waals surface area contributed by atoms with Crippen LogP contribution in [-0.2, 0) is 13.0 Å². The number of non-ortho nitro benzene ring substituents is 1. The Labute approximate surface area is 160 Å². The van der Waals surface area contributed by atoms with Gasteiger partial charge in [-0.2, -0.15) is 0 Å². The first kappa shape index (κ1) is 18.8. The highest BCUT2D eigenvalue weighted by Crippen LogP contribution is 2.24. The van der Waals surface area contributed by atoms with E-state index in [9.17, 15) is 14.9 Å². The molecule has 0 aliphatic carbocycles. The van der Waals surface area contributed by atoms with Crippen LogP contribution in [0.2, 0.25) is 5.02 Å². The molecule has 0 atom stereocenters. The van der Waals surface area contributed by atoms with E-state index in [1.807, 2.05) is 0 Å². The number of aromatic nitrogens is 1. The molecule has 0 N–H and O–H groups in total. The number of rotatable bonds is 5. The summed E-state index contributed by atoms with van der Waals surface area (Å²) in [7, 11) is 0. The molecule has 1 saturated heterocycles. The molecule has 0 radical (unpaired) electrons. The summed E-state index contributed by atoms with van der Waals surface area (Å²) in [5.74, 6) is -0.188. The largest absolute Gasteiger partial charge is 0.336 e. The third-order valence-electron chi connectivity index (χ3n) is 4.34. The lowest BCUT2D eigenvalue weighted by Gasteiger charge is -2.34. The molecule has 2 heterocycles. The Kier molecular flexibility index (Phi) is 5.85. The molecule has 7 nitrogen and oxygen atoms in total. The molecule has 1 aliphatic heterocycles. The van der Waals surface area contributed by atoms with E-state index < -0.39 is 4.92 Å². The number of thiazole rings is 1. The molecular formula is C17H19ClN4O3S. The van der Waals surface area contributed by atoms with Crippen LogP contribution < -0.4 is 0 Å². The van der Waals surface area contributed by atoms with Gasteiger partial charge < -0.3 is 4.90 Å². The number of benzene rings is 1. The van der Waals surface area contributed by atoms with Gasteiger partial charge in [-0.05, 0) is 12.5 Å². The third kappa shape index (κ3) is 4.20. The van der Waals surface area contributed by atoms with E-state index in [2.05, 4.69) is 22.2 Å². The molecule has 3 rings (SSSR count). The van der Waals surface area contributed by atoms with Gasteiger partial charge in [0.25, 0.3) is 11.6 Å². The summed E-state index contributed by atoms with van der Waals surface area (Å²) in [5, 5.41) is 14.1. The van der Waals surface area contributed by atoms with Gasteiger partial charge >= 0.3 is 0 Å². The van der Waals surface area contributed by atoms with Crippen molar-refractivity contribution in [1.29, 1.82) is 0 Å². The first-order valence-corrected chi connectivity index (χ1v) is 9.62. The van der Waals surface area contributed by atoms with Crippen LogP contribution in [0.25, 0.3) is 0 Å². The monoisotopic (exact) mass is 394 g/mol. The van der Waals surface area contributed by atoms with Gasteiger partial charge in [0.15, 0.2) is 0 Å². The van der Waals surface area contributed by atoms with Gasteiger partial charge in [0.1, 0.15) is 0 Å². The highest BCUT2D eigenvalue weighted by molar-refractivity contribution is 7.09. The van der Waals surface area contributed by atoms with Crippen molar-refractivity contribution in [2.75, 3.05) is 26.2 Å². The number of nitro groups is 1. The normalized spacial score (nSPS) is 15.2. The lowest BCUT2D eigenvalue weighted by atomic mass is 10.1. The molecule has 2 aromatic rings. The molecule has 1 amide bonds. The van der Waals surface area contributed by atoms with E-state index in [-0.39, 0.29) is 16.6 Å². The summed E-state index contributed by atoms with van der Waals surface area (Å²) >= 11 is 7.75. The number of amides is 1. The van der Waals surface area contributed by atoms with Crippen molar-refractivity contribution in [1.82, 2.24) is 14.8 Å². The van der Waals surface area contributed by atoms with Crippen molar-refractivity contribution in [3.63, 3.8) is 0 Å². The van der Waals surface area contributed by atoms with E-state index in [1.54, 1.807) is 16.2 Å². The molecule has 1 aromatic heterocycles. The molecule has 0 bridgehead atoms. The van der Waals surface area contributed by atoms with Crippen LogP contribution in [-0.4, -0.2) is 51.8 Å². The van der Waals surface area contributed by atoms with Crippen molar-refractivity contribution in [2.45, 2.75) is 19.9 Å². The Morgan fingerprint density at radius 2 is 2.08 bits per heavy atom. The SMILES string of the molecule is CCc1nc(CN2CCN(C(=O)c3ccc([N+](=O)[O-])cc3Cl)CC2)cs1. The summed E-state index contributed by atoms with van der Waals surface area (Å²) in [4.78, 5) is 31.5. The predicted octanol–water partition coefficient (Wildman–Crippen LogP) is 3.23. The minimum atomic E-state index is -0.526. The van der Waals surface area contributed by atoms with Gasteiger partial charge in [0.05, 0.1) is 26.2 Å². The number of carbonyl (C=O) groups is 1. The van der Waals surface area contributed by atoms with Gasteiger partial charge in [-0.25, -0.2) is 4.98 Å². The van der Waals surface area contributed by atoms with Crippen molar-refractivity contribution < 1.29 is 9.72 Å². The average Bonchev–Trinajstić information content (AvgIpc) is 3.09. The zero-order valence-electron chi connectivity index (χ0n) is 14.4. The van der Waals surface area contributed by atoms with Gasteiger partial charge in [0, 0.05) is 50.2 Å². The van der Waals surface area contributed by atoms with E-state index >= 15 is 0 Å². The zero-order chi connectivity index (χ0) is 18.7. The van der Waals surface area contributed by atoms with Crippen molar-refractivity contribution >= 4 is 34.5 Å². The summed E-state index contributed by atoms with van der Waals surface area (Å²) in [5.41, 5.74) is 1.26. The molecule has 26 heavy (non-hydrogen) atoms. The number of nitro benzene ring substituents is 1. The smallest absolute Gasteiger partial charge is 0.270 e. The van der Waals surface area contributed by atoms with Crippen LogP contribution in [0.1, 0.15) is 28.0 Å². The Morgan fingerprint density at radius 1 is 1.35 bits per heavy atom. The number of nitrogens with zero attached hydrogens (tertiary/aromatic N) is 4. The van der Waals surface area contributed by atoms with Gasteiger partial charge in [-0.3, -0.25) is 19.8 Å². The van der Waals surface area contributed by atoms with Crippen molar-refractivity contribution in [3.8, 4) is 0 Å². The number of hydrogen-bond acceptors (Lipinski definition) is 6. The molecule has 1 aromatic carbocycles. The molecule has 0 spiro atoms. The summed E-state index contributed by atoms with van der Waals surface area (Å²) in [6.07, 6.45) is 0.947. The summed E-state index contributed by atoms with van der Waals surface area (Å²) in [6.45, 7) is 5.59. The minimum Gasteiger partial charge on any atom is -0.336 e. The average molecular weight is 395 g/mol. The lowest BCUT2D eigenvalue weighted by molar-refractivity contribution is -0.384. The van der Waals surface area contributed by atoms with E-state index in [0.717, 1.165) is 36.8 Å². The number of piperazine rings is 1. The molecule has 0 saturated carbocycles. The topological polar surface area (TPSA) is 79.6 Å². The van der Waals surface area contributed by atoms with E-state index in [4.69, 9.17) is 11.6 Å². The Morgan fingerprint density at radius 3 is 2.65 bits per heavy atom. The number of aryl methyl sites for hydroxylation is 1. The van der Waals surface area contributed by atoms with Crippen molar-refractivity contribution in [2.24, 2.45) is 0 Å². The maximum absolute atomic E-state index is 12.7. The molecule has 9 heteroatoms. The predicted molar refractivity (Wildman–Crippen MR) is 101 cm³/mol. The van der Waals surface area contributed by atoms with Gasteiger partial charge in [0.2, 0.25) is 0 Å². The van der Waals surface area contributed by atoms with Gasteiger partial charge in [-0.1, -0.05) is 18.5 Å². The van der Waals surface area contributed by atoms with E-state index in [0.29, 0.717) is 18.7 Å². The number of halogens is 1. The fourth-order valence-electron chi connectivity index (χ4n) is 2.88. The maximum Gasteiger partial charge on any atom is 0.270 e. The fourth-order valence-corrected chi connectivity index (χ4v) is 3.88. The first-order valence-electron chi connectivity index (χ1n) is 8.36. The Balaban J connectivity index is 1.59. The fraction of sp³-hybridized carbons (Fsp3) is 0.412. The Hall–Kier alpha value is -2.03. The van der Waals surface area contributed by atoms with Crippen LogP contribution in [0, 0.1) is 10.1 Å². The first-order chi connectivity index (χ1) is 12.5. The van der Waals surface area contributed by atoms with Gasteiger partial charge in [-0.15, -0.1) is 11.3 Å². The highest BCUT2D eigenvalue weighted by atomic mass is 35.5. The Bertz CT molecular complexity index is 818. The second-order valence-corrected chi connectivity index (χ2v) is 7.43. The quantitative estimate of drug-likeness (QED) is 0.574. The highest BCUT2D eigenvalue weighted by Gasteiger charge is 2.25. The lowest BCUT2D eigenvalue weighted by Crippen LogP contribution is -2.48. The van der Waals surface area contributed by atoms with Crippen LogP contribution in [0.15, 0.2) is 23.6 Å². The van der Waals surface area contributed by atoms with Crippen LogP contribution in [0.4, 0.5) is 5.69 Å². The molecular weight excluding hydrogens is 376 g/mol. The van der Waals surface area contributed by atoms with Crippen LogP contribution in [0.5, 0.6) is 0 Å². The molecule has 138 valence electrons. The van der Waals surface area contributed by atoms with E-state index in [1.165, 1.54) is 18.2 Å². The summed E-state index contributed by atoms with van der Waals surface area (Å²) in [6, 6.07) is 3.96. The second kappa shape index (κ2) is 8.11. The second-order valence-electron chi connectivity index (χ2n) is 6.08. The molecule has 1 aliphatic rings. The third-order valence-corrected chi connectivity index (χ3v) is 5.70. The zero-order valence-corrected chi connectivity index (χ0v) is 15.9. The maximum atomic E-state index is 12.7. The van der Waals surface area contributed by atoms with Crippen LogP contribution >= 0.6 is 22.9 Å². The number of carbonyl (C=O) groups excluding carboxylic acids is 1. The summed E-state index contributed by atoms with van der Waals surface area (Å²) < 4.78 is 0. The molecule has 1 fully saturated rings.